The maximum atomic E-state index is 2.46. The Labute approximate surface area is 299 Å². The molecule has 0 spiro atoms. The zero-order valence-electron chi connectivity index (χ0n) is 28.2. The quantitative estimate of drug-likeness (QED) is 0.155. The van der Waals surface area contributed by atoms with Crippen LogP contribution in [0.3, 0.4) is 0 Å². The molecule has 1 heteroatoms. The Hall–Kier alpha value is -6.70. The van der Waals surface area contributed by atoms with E-state index < -0.39 is 0 Å². The number of fused-ring (bicyclic) bond motifs is 3. The monoisotopic (exact) mass is 649 g/mol. The van der Waals surface area contributed by atoms with Crippen LogP contribution < -0.4 is 4.90 Å². The fraction of sp³-hybridized carbons (Fsp3) is 0. The summed E-state index contributed by atoms with van der Waals surface area (Å²) in [5.41, 5.74) is 13.0. The second kappa shape index (κ2) is 13.3. The van der Waals surface area contributed by atoms with Crippen molar-refractivity contribution in [1.29, 1.82) is 0 Å². The first-order chi connectivity index (χ1) is 25.3. The molecule has 0 heterocycles. The Morgan fingerprint density at radius 1 is 0.255 bits per heavy atom. The van der Waals surface area contributed by atoms with Crippen LogP contribution in [0.25, 0.3) is 66.1 Å². The summed E-state index contributed by atoms with van der Waals surface area (Å²) in [5, 5.41) is 4.91. The highest BCUT2D eigenvalue weighted by molar-refractivity contribution is 6.25. The maximum Gasteiger partial charge on any atom is 0.0546 e. The smallest absolute Gasteiger partial charge is 0.0546 e. The second-order valence-electron chi connectivity index (χ2n) is 12.9. The predicted molar refractivity (Wildman–Crippen MR) is 218 cm³/mol. The van der Waals surface area contributed by atoms with Gasteiger partial charge < -0.3 is 4.90 Å². The summed E-state index contributed by atoms with van der Waals surface area (Å²) in [5.74, 6) is 0. The summed E-state index contributed by atoms with van der Waals surface area (Å²) in [6, 6.07) is 76.6. The molecule has 1 nitrogen and oxygen atoms in total. The van der Waals surface area contributed by atoms with E-state index in [-0.39, 0.29) is 0 Å². The fourth-order valence-electron chi connectivity index (χ4n) is 7.59. The van der Waals surface area contributed by atoms with Crippen molar-refractivity contribution in [2.75, 3.05) is 4.90 Å². The molecule has 51 heavy (non-hydrogen) atoms. The lowest BCUT2D eigenvalue weighted by Gasteiger charge is -2.30. The normalized spacial score (nSPS) is 11.1. The average molecular weight is 650 g/mol. The molecule has 0 unspecified atom stereocenters. The van der Waals surface area contributed by atoms with E-state index in [0.717, 1.165) is 17.1 Å². The van der Waals surface area contributed by atoms with E-state index in [0.29, 0.717) is 0 Å². The molecule has 9 aromatic rings. The Balaban J connectivity index is 1.39. The molecular weight excluding hydrogens is 615 g/mol. The van der Waals surface area contributed by atoms with Crippen LogP contribution in [0.15, 0.2) is 212 Å². The van der Waals surface area contributed by atoms with Gasteiger partial charge in [-0.05, 0) is 79.4 Å². The van der Waals surface area contributed by atoms with Crippen LogP contribution >= 0.6 is 0 Å². The van der Waals surface area contributed by atoms with Crippen LogP contribution in [-0.2, 0) is 0 Å². The molecule has 0 radical (unpaired) electrons. The lowest BCUT2D eigenvalue weighted by atomic mass is 9.84. The van der Waals surface area contributed by atoms with Crippen LogP contribution in [0.5, 0.6) is 0 Å². The van der Waals surface area contributed by atoms with Gasteiger partial charge in [-0.1, -0.05) is 188 Å². The minimum atomic E-state index is 1.10. The zero-order valence-corrected chi connectivity index (χ0v) is 28.2. The lowest BCUT2D eigenvalue weighted by molar-refractivity contribution is 1.30. The molecule has 0 atom stereocenters. The summed E-state index contributed by atoms with van der Waals surface area (Å²) in [6.07, 6.45) is 0. The molecule has 9 rings (SSSR count). The highest BCUT2D eigenvalue weighted by Crippen LogP contribution is 2.50. The second-order valence-corrected chi connectivity index (χ2v) is 12.9. The molecule has 0 aliphatic rings. The van der Waals surface area contributed by atoms with Gasteiger partial charge in [0.2, 0.25) is 0 Å². The van der Waals surface area contributed by atoms with E-state index in [1.54, 1.807) is 0 Å². The van der Waals surface area contributed by atoms with Gasteiger partial charge in [0, 0.05) is 16.6 Å². The van der Waals surface area contributed by atoms with Crippen molar-refractivity contribution in [3.8, 4) is 44.5 Å². The third-order valence-corrected chi connectivity index (χ3v) is 9.86. The SMILES string of the molecule is c1ccc(-c2ccc(N(c3ccccc3-c3ccccc3)c3cccc4c(-c5ccccc5)c(-c5ccccc5)c5ccccc5c34)cc2)cc1. The number of anilines is 3. The first-order valence-corrected chi connectivity index (χ1v) is 17.5. The van der Waals surface area contributed by atoms with Crippen LogP contribution in [-0.4, -0.2) is 0 Å². The number of hydrogen-bond acceptors (Lipinski definition) is 1. The summed E-state index contributed by atoms with van der Waals surface area (Å²) in [4.78, 5) is 2.46. The topological polar surface area (TPSA) is 3.24 Å². The van der Waals surface area contributed by atoms with Crippen molar-refractivity contribution >= 4 is 38.6 Å². The van der Waals surface area contributed by atoms with Crippen LogP contribution in [0.2, 0.25) is 0 Å². The molecule has 0 saturated heterocycles. The van der Waals surface area contributed by atoms with Gasteiger partial charge in [-0.2, -0.15) is 0 Å². The summed E-state index contributed by atoms with van der Waals surface area (Å²) in [7, 11) is 0. The van der Waals surface area contributed by atoms with E-state index in [2.05, 4.69) is 217 Å². The van der Waals surface area contributed by atoms with E-state index in [1.165, 1.54) is 66.1 Å². The van der Waals surface area contributed by atoms with Crippen molar-refractivity contribution in [3.63, 3.8) is 0 Å². The standard InChI is InChI=1S/C50H35N/c1-5-18-36(19-6-1)37-32-34-41(35-33-37)51(46-30-16-15-26-42(46)38-20-7-2-8-21-38)47-31-17-29-45-49(40-24-11-4-12-25-40)48(39-22-9-3-10-23-39)43-27-13-14-28-44(43)50(45)47/h1-35H. The first kappa shape index (κ1) is 30.4. The third-order valence-electron chi connectivity index (χ3n) is 9.86. The van der Waals surface area contributed by atoms with Gasteiger partial charge in [0.15, 0.2) is 0 Å². The number of nitrogens with zero attached hydrogens (tertiary/aromatic N) is 1. The molecule has 0 N–H and O–H groups in total. The van der Waals surface area contributed by atoms with Gasteiger partial charge in [-0.25, -0.2) is 0 Å². The van der Waals surface area contributed by atoms with Gasteiger partial charge in [0.1, 0.15) is 0 Å². The van der Waals surface area contributed by atoms with Crippen molar-refractivity contribution in [2.45, 2.75) is 0 Å². The summed E-state index contributed by atoms with van der Waals surface area (Å²) >= 11 is 0. The molecule has 0 saturated carbocycles. The van der Waals surface area contributed by atoms with Gasteiger partial charge in [0.05, 0.1) is 11.4 Å². The van der Waals surface area contributed by atoms with Crippen LogP contribution in [0.1, 0.15) is 0 Å². The Bertz CT molecular complexity index is 2590. The zero-order chi connectivity index (χ0) is 34.0. The van der Waals surface area contributed by atoms with E-state index in [9.17, 15) is 0 Å². The molecule has 9 aromatic carbocycles. The average Bonchev–Trinajstić information content (AvgIpc) is 3.22. The molecule has 240 valence electrons. The molecule has 0 aliphatic carbocycles. The fourth-order valence-corrected chi connectivity index (χ4v) is 7.59. The molecule has 0 aliphatic heterocycles. The van der Waals surface area contributed by atoms with Gasteiger partial charge in [0.25, 0.3) is 0 Å². The molecule has 0 amide bonds. The predicted octanol–water partition coefficient (Wildman–Crippen LogP) is 14.1. The van der Waals surface area contributed by atoms with Gasteiger partial charge >= 0.3 is 0 Å². The largest absolute Gasteiger partial charge is 0.309 e. The Morgan fingerprint density at radius 3 is 1.31 bits per heavy atom. The number of rotatable bonds is 7. The Morgan fingerprint density at radius 2 is 0.686 bits per heavy atom. The number of para-hydroxylation sites is 1. The third kappa shape index (κ3) is 5.56. The van der Waals surface area contributed by atoms with Gasteiger partial charge in [-0.15, -0.1) is 0 Å². The number of hydrogen-bond donors (Lipinski definition) is 0. The van der Waals surface area contributed by atoms with Crippen LogP contribution in [0.4, 0.5) is 17.1 Å². The highest BCUT2D eigenvalue weighted by Gasteiger charge is 2.24. The van der Waals surface area contributed by atoms with Gasteiger partial charge in [-0.3, -0.25) is 0 Å². The first-order valence-electron chi connectivity index (χ1n) is 17.5. The Kier molecular flexibility index (Phi) is 7.92. The molecule has 0 aromatic heterocycles. The molecule has 0 fully saturated rings. The summed E-state index contributed by atoms with van der Waals surface area (Å²) < 4.78 is 0. The highest BCUT2D eigenvalue weighted by atomic mass is 15.1. The van der Waals surface area contributed by atoms with Crippen molar-refractivity contribution in [2.24, 2.45) is 0 Å². The van der Waals surface area contributed by atoms with E-state index in [4.69, 9.17) is 0 Å². The van der Waals surface area contributed by atoms with E-state index in [1.807, 2.05) is 0 Å². The van der Waals surface area contributed by atoms with Crippen molar-refractivity contribution in [1.82, 2.24) is 0 Å². The minimum Gasteiger partial charge on any atom is -0.309 e. The molecular formula is C50H35N. The lowest BCUT2D eigenvalue weighted by Crippen LogP contribution is -2.12. The number of benzene rings is 9. The summed E-state index contributed by atoms with van der Waals surface area (Å²) in [6.45, 7) is 0. The molecule has 0 bridgehead atoms. The van der Waals surface area contributed by atoms with Crippen LogP contribution in [0, 0.1) is 0 Å². The van der Waals surface area contributed by atoms with E-state index >= 15 is 0 Å². The maximum absolute atomic E-state index is 2.46. The minimum absolute atomic E-state index is 1.10. The van der Waals surface area contributed by atoms with Crippen molar-refractivity contribution in [3.05, 3.63) is 212 Å². The van der Waals surface area contributed by atoms with Crippen molar-refractivity contribution < 1.29 is 0 Å².